The summed E-state index contributed by atoms with van der Waals surface area (Å²) >= 11 is 1.94. The summed E-state index contributed by atoms with van der Waals surface area (Å²) in [5.74, 6) is 0. The van der Waals surface area contributed by atoms with Crippen LogP contribution in [-0.2, 0) is 5.41 Å². The Labute approximate surface area is 261 Å². The molecule has 7 aromatic carbocycles. The molecule has 0 saturated heterocycles. The molecule has 208 valence electrons. The fourth-order valence-corrected chi connectivity index (χ4v) is 9.11. The van der Waals surface area contributed by atoms with E-state index in [2.05, 4.69) is 159 Å². The van der Waals surface area contributed by atoms with E-state index in [1.165, 1.54) is 86.6 Å². The van der Waals surface area contributed by atoms with Crippen LogP contribution in [0.5, 0.6) is 0 Å². The van der Waals surface area contributed by atoms with Crippen LogP contribution < -0.4 is 0 Å². The van der Waals surface area contributed by atoms with Crippen LogP contribution >= 0.6 is 11.3 Å². The second-order valence-electron chi connectivity index (χ2n) is 12.4. The lowest BCUT2D eigenvalue weighted by molar-refractivity contribution is 0.667. The number of fused-ring (bicyclic) bond motifs is 7. The average Bonchev–Trinajstić information content (AvgIpc) is 3.57. The van der Waals surface area contributed by atoms with E-state index in [0.29, 0.717) is 0 Å². The summed E-state index contributed by atoms with van der Waals surface area (Å²) < 4.78 is 1.38. The fourth-order valence-electron chi connectivity index (χ4n) is 7.71. The maximum atomic E-state index is 2.49. The standard InChI is InChI=1S/C43H30S/c1-43(2)37-26-28(24-25-35(37)42-41(43)36-22-12-13-23-38(36)44-42)39-31-18-8-10-20-33(31)40(34-21-11-9-19-32(34)39)30-17-7-6-16-29(30)27-14-4-3-5-15-27/h3-26H,1-2H3. The molecule has 0 radical (unpaired) electrons. The topological polar surface area (TPSA) is 0 Å². The highest BCUT2D eigenvalue weighted by Gasteiger charge is 2.39. The summed E-state index contributed by atoms with van der Waals surface area (Å²) in [5.41, 5.74) is 11.9. The SMILES string of the molecule is CC1(C)c2cc(-c3c4ccccc4c(-c4ccccc4-c4ccccc4)c4ccccc34)ccc2-c2sc3ccccc3c21. The van der Waals surface area contributed by atoms with Crippen molar-refractivity contribution in [3.8, 4) is 43.8 Å². The second kappa shape index (κ2) is 9.51. The molecule has 1 aliphatic carbocycles. The van der Waals surface area contributed by atoms with Crippen LogP contribution in [0.3, 0.4) is 0 Å². The summed E-state index contributed by atoms with van der Waals surface area (Å²) in [6, 6.07) is 53.8. The molecule has 0 atom stereocenters. The third kappa shape index (κ3) is 3.57. The molecule has 0 saturated carbocycles. The number of thiophene rings is 1. The number of hydrogen-bond acceptors (Lipinski definition) is 1. The molecular weight excluding hydrogens is 549 g/mol. The lowest BCUT2D eigenvalue weighted by Gasteiger charge is -2.23. The molecule has 0 N–H and O–H groups in total. The van der Waals surface area contributed by atoms with Gasteiger partial charge in [-0.15, -0.1) is 11.3 Å². The molecule has 44 heavy (non-hydrogen) atoms. The summed E-state index contributed by atoms with van der Waals surface area (Å²) in [6.45, 7) is 4.81. The Bertz CT molecular complexity index is 2350. The van der Waals surface area contributed by atoms with Crippen LogP contribution in [0.25, 0.3) is 75.5 Å². The zero-order valence-corrected chi connectivity index (χ0v) is 25.6. The van der Waals surface area contributed by atoms with Gasteiger partial charge in [0.25, 0.3) is 0 Å². The monoisotopic (exact) mass is 578 g/mol. The Kier molecular flexibility index (Phi) is 5.51. The molecule has 0 unspecified atom stereocenters. The minimum absolute atomic E-state index is 0.0690. The van der Waals surface area contributed by atoms with Gasteiger partial charge in [0.05, 0.1) is 0 Å². The Morgan fingerprint density at radius 2 is 0.977 bits per heavy atom. The summed E-state index contributed by atoms with van der Waals surface area (Å²) in [4.78, 5) is 1.43. The Balaban J connectivity index is 1.33. The van der Waals surface area contributed by atoms with Crippen molar-refractivity contribution in [3.63, 3.8) is 0 Å². The van der Waals surface area contributed by atoms with Gasteiger partial charge in [0, 0.05) is 15.0 Å². The minimum atomic E-state index is -0.0690. The molecule has 0 nitrogen and oxygen atoms in total. The highest BCUT2D eigenvalue weighted by molar-refractivity contribution is 7.22. The van der Waals surface area contributed by atoms with Crippen molar-refractivity contribution in [1.29, 1.82) is 0 Å². The van der Waals surface area contributed by atoms with Gasteiger partial charge in [-0.1, -0.05) is 147 Å². The predicted molar refractivity (Wildman–Crippen MR) is 191 cm³/mol. The first kappa shape index (κ1) is 25.5. The van der Waals surface area contributed by atoms with E-state index < -0.39 is 0 Å². The van der Waals surface area contributed by atoms with Gasteiger partial charge in [-0.05, 0) is 89.1 Å². The molecule has 1 aliphatic rings. The van der Waals surface area contributed by atoms with Gasteiger partial charge < -0.3 is 0 Å². The molecule has 0 spiro atoms. The normalized spacial score (nSPS) is 13.4. The van der Waals surface area contributed by atoms with Crippen molar-refractivity contribution in [3.05, 3.63) is 157 Å². The van der Waals surface area contributed by atoms with Gasteiger partial charge >= 0.3 is 0 Å². The smallest absolute Gasteiger partial charge is 0.0399 e. The zero-order valence-electron chi connectivity index (χ0n) is 24.8. The first-order valence-corrected chi connectivity index (χ1v) is 16.2. The third-order valence-corrected chi connectivity index (χ3v) is 10.9. The van der Waals surface area contributed by atoms with Crippen LogP contribution in [0.1, 0.15) is 25.0 Å². The van der Waals surface area contributed by atoms with Gasteiger partial charge in [-0.3, -0.25) is 0 Å². The number of hydrogen-bond donors (Lipinski definition) is 0. The van der Waals surface area contributed by atoms with Crippen LogP contribution in [0.4, 0.5) is 0 Å². The van der Waals surface area contributed by atoms with Crippen LogP contribution in [0, 0.1) is 0 Å². The van der Waals surface area contributed by atoms with E-state index in [0.717, 1.165) is 0 Å². The molecule has 8 aromatic rings. The van der Waals surface area contributed by atoms with E-state index in [1.54, 1.807) is 0 Å². The van der Waals surface area contributed by atoms with Crippen molar-refractivity contribution in [1.82, 2.24) is 0 Å². The fraction of sp³-hybridized carbons (Fsp3) is 0.0698. The average molecular weight is 579 g/mol. The lowest BCUT2D eigenvalue weighted by atomic mass is 9.79. The van der Waals surface area contributed by atoms with Crippen molar-refractivity contribution in [2.75, 3.05) is 0 Å². The molecule has 0 aliphatic heterocycles. The largest absolute Gasteiger partial charge is 0.135 e. The van der Waals surface area contributed by atoms with Crippen LogP contribution in [-0.4, -0.2) is 0 Å². The van der Waals surface area contributed by atoms with E-state index in [9.17, 15) is 0 Å². The molecule has 1 aromatic heterocycles. The highest BCUT2D eigenvalue weighted by atomic mass is 32.1. The van der Waals surface area contributed by atoms with Gasteiger partial charge in [0.15, 0.2) is 0 Å². The Morgan fingerprint density at radius 3 is 1.66 bits per heavy atom. The predicted octanol–water partition coefficient (Wildman–Crippen LogP) is 12.5. The first-order chi connectivity index (χ1) is 21.6. The van der Waals surface area contributed by atoms with Crippen LogP contribution in [0.2, 0.25) is 0 Å². The molecule has 0 amide bonds. The van der Waals surface area contributed by atoms with E-state index in [4.69, 9.17) is 0 Å². The maximum absolute atomic E-state index is 2.49. The Hall–Kier alpha value is -4.98. The minimum Gasteiger partial charge on any atom is -0.135 e. The summed E-state index contributed by atoms with van der Waals surface area (Å²) in [7, 11) is 0. The molecule has 0 bridgehead atoms. The van der Waals surface area contributed by atoms with E-state index in [1.807, 2.05) is 11.3 Å². The second-order valence-corrected chi connectivity index (χ2v) is 13.5. The molecule has 1 heteroatoms. The zero-order chi connectivity index (χ0) is 29.4. The molecule has 1 heterocycles. The van der Waals surface area contributed by atoms with Gasteiger partial charge in [-0.2, -0.15) is 0 Å². The van der Waals surface area contributed by atoms with Crippen molar-refractivity contribution in [2.24, 2.45) is 0 Å². The molecule has 9 rings (SSSR count). The number of benzene rings is 7. The Morgan fingerprint density at radius 1 is 0.432 bits per heavy atom. The quantitative estimate of drug-likeness (QED) is 0.183. The van der Waals surface area contributed by atoms with Gasteiger partial charge in [-0.25, -0.2) is 0 Å². The van der Waals surface area contributed by atoms with Crippen molar-refractivity contribution in [2.45, 2.75) is 19.3 Å². The van der Waals surface area contributed by atoms with E-state index >= 15 is 0 Å². The van der Waals surface area contributed by atoms with Gasteiger partial charge in [0.1, 0.15) is 0 Å². The lowest BCUT2D eigenvalue weighted by Crippen LogP contribution is -2.15. The first-order valence-electron chi connectivity index (χ1n) is 15.4. The van der Waals surface area contributed by atoms with Crippen molar-refractivity contribution < 1.29 is 0 Å². The number of rotatable bonds is 3. The van der Waals surface area contributed by atoms with Crippen LogP contribution in [0.15, 0.2) is 146 Å². The highest BCUT2D eigenvalue weighted by Crippen LogP contribution is 2.56. The summed E-state index contributed by atoms with van der Waals surface area (Å²) in [5, 5.41) is 6.55. The van der Waals surface area contributed by atoms with Gasteiger partial charge in [0.2, 0.25) is 0 Å². The molecular formula is C43H30S. The maximum Gasteiger partial charge on any atom is 0.0399 e. The molecule has 0 fully saturated rings. The summed E-state index contributed by atoms with van der Waals surface area (Å²) in [6.07, 6.45) is 0. The van der Waals surface area contributed by atoms with E-state index in [-0.39, 0.29) is 5.41 Å². The third-order valence-electron chi connectivity index (χ3n) is 9.66. The van der Waals surface area contributed by atoms with Crippen molar-refractivity contribution >= 4 is 43.0 Å².